The molecule has 1 aromatic heterocycles. The van der Waals surface area contributed by atoms with Gasteiger partial charge in [-0.05, 0) is 31.9 Å². The Morgan fingerprint density at radius 1 is 1.13 bits per heavy atom. The Morgan fingerprint density at radius 2 is 1.93 bits per heavy atom. The molecule has 0 unspecified atom stereocenters. The number of nitrogens with one attached hydrogen (secondary N) is 3. The average Bonchev–Trinajstić information content (AvgIpc) is 3.27. The lowest BCUT2D eigenvalue weighted by Crippen LogP contribution is -2.44. The maximum Gasteiger partial charge on any atom is 0.287 e. The lowest BCUT2D eigenvalue weighted by atomic mass is 10.0. The van der Waals surface area contributed by atoms with Crippen molar-refractivity contribution in [3.8, 4) is 0 Å². The Hall–Kier alpha value is -3.29. The number of Topliss-reactive ketones (excluding diaryl/α,β-unsaturated/α-hetero) is 2. The van der Waals surface area contributed by atoms with Gasteiger partial charge in [-0.25, -0.2) is 4.98 Å². The zero-order valence-corrected chi connectivity index (χ0v) is 17.4. The summed E-state index contributed by atoms with van der Waals surface area (Å²) < 4.78 is 0. The fraction of sp³-hybridized carbons (Fsp3) is 0.409. The standard InChI is InChI=1S/C22H28N4O4/c1-3-18(28)10-5-4-6-11-19(26-22(30)20-23-12-13-24-20)21(29)25-17-9-7-8-16(14-17)15(2)27/h7-9,12-14,19H,3-6,10-11H2,1-2H3,(H,23,24)(H,25,29)(H,26,30)/t19-/m0/s1. The molecule has 0 spiro atoms. The van der Waals surface area contributed by atoms with Crippen LogP contribution in [0.25, 0.3) is 0 Å². The molecule has 0 aliphatic rings. The van der Waals surface area contributed by atoms with E-state index in [1.807, 2.05) is 6.92 Å². The van der Waals surface area contributed by atoms with E-state index in [2.05, 4.69) is 20.6 Å². The lowest BCUT2D eigenvalue weighted by molar-refractivity contribution is -0.119. The molecular formula is C22H28N4O4. The van der Waals surface area contributed by atoms with Gasteiger partial charge in [0.2, 0.25) is 5.91 Å². The SMILES string of the molecule is CCC(=O)CCCCC[C@H](NC(=O)c1ncc[nH]1)C(=O)Nc1cccc(C(C)=O)c1. The number of ketones is 2. The summed E-state index contributed by atoms with van der Waals surface area (Å²) >= 11 is 0. The van der Waals surface area contributed by atoms with Gasteiger partial charge < -0.3 is 15.6 Å². The highest BCUT2D eigenvalue weighted by molar-refractivity contribution is 6.01. The van der Waals surface area contributed by atoms with Gasteiger partial charge in [0.1, 0.15) is 11.8 Å². The van der Waals surface area contributed by atoms with Crippen molar-refractivity contribution < 1.29 is 19.2 Å². The smallest absolute Gasteiger partial charge is 0.287 e. The number of aromatic nitrogens is 2. The quantitative estimate of drug-likeness (QED) is 0.365. The molecule has 8 heteroatoms. The monoisotopic (exact) mass is 412 g/mol. The average molecular weight is 412 g/mol. The number of H-pyrrole nitrogens is 1. The molecule has 0 bridgehead atoms. The number of amides is 2. The number of carbonyl (C=O) groups excluding carboxylic acids is 4. The van der Waals surface area contributed by atoms with Crippen LogP contribution in [0, 0.1) is 0 Å². The van der Waals surface area contributed by atoms with E-state index in [-0.39, 0.29) is 23.3 Å². The zero-order chi connectivity index (χ0) is 21.9. The second-order valence-corrected chi connectivity index (χ2v) is 7.08. The van der Waals surface area contributed by atoms with Crippen LogP contribution >= 0.6 is 0 Å². The van der Waals surface area contributed by atoms with E-state index < -0.39 is 11.9 Å². The molecule has 2 rings (SSSR count). The number of anilines is 1. The zero-order valence-electron chi connectivity index (χ0n) is 17.4. The maximum atomic E-state index is 12.8. The van der Waals surface area contributed by atoms with Crippen molar-refractivity contribution in [1.82, 2.24) is 15.3 Å². The van der Waals surface area contributed by atoms with Crippen LogP contribution in [0.15, 0.2) is 36.7 Å². The molecule has 1 heterocycles. The Bertz CT molecular complexity index is 877. The minimum absolute atomic E-state index is 0.101. The second kappa shape index (κ2) is 11.6. The largest absolute Gasteiger partial charge is 0.341 e. The van der Waals surface area contributed by atoms with Crippen molar-refractivity contribution in [2.75, 3.05) is 5.32 Å². The molecule has 0 fully saturated rings. The van der Waals surface area contributed by atoms with Crippen molar-refractivity contribution in [2.45, 2.75) is 58.4 Å². The predicted molar refractivity (Wildman–Crippen MR) is 113 cm³/mol. The third kappa shape index (κ3) is 7.27. The van der Waals surface area contributed by atoms with Crippen LogP contribution in [0.5, 0.6) is 0 Å². The Morgan fingerprint density at radius 3 is 2.60 bits per heavy atom. The number of unbranched alkanes of at least 4 members (excludes halogenated alkanes) is 2. The Balaban J connectivity index is 2.00. The van der Waals surface area contributed by atoms with Gasteiger partial charge in [-0.1, -0.05) is 31.9 Å². The molecule has 0 saturated heterocycles. The van der Waals surface area contributed by atoms with Gasteiger partial charge >= 0.3 is 0 Å². The van der Waals surface area contributed by atoms with Gasteiger partial charge in [0.15, 0.2) is 11.6 Å². The summed E-state index contributed by atoms with van der Waals surface area (Å²) in [6, 6.07) is 5.87. The summed E-state index contributed by atoms with van der Waals surface area (Å²) in [6.45, 7) is 3.30. The van der Waals surface area contributed by atoms with E-state index in [0.717, 1.165) is 12.8 Å². The van der Waals surface area contributed by atoms with Crippen LogP contribution in [0.4, 0.5) is 5.69 Å². The van der Waals surface area contributed by atoms with Gasteiger partial charge in [-0.2, -0.15) is 0 Å². The summed E-state index contributed by atoms with van der Waals surface area (Å²) in [5, 5.41) is 5.47. The minimum atomic E-state index is -0.773. The molecule has 2 aromatic rings. The number of imidazole rings is 1. The van der Waals surface area contributed by atoms with Crippen LogP contribution < -0.4 is 10.6 Å². The van der Waals surface area contributed by atoms with E-state index in [1.54, 1.807) is 24.3 Å². The highest BCUT2D eigenvalue weighted by Gasteiger charge is 2.22. The van der Waals surface area contributed by atoms with E-state index in [9.17, 15) is 19.2 Å². The molecule has 0 aliphatic carbocycles. The number of hydrogen-bond acceptors (Lipinski definition) is 5. The molecule has 160 valence electrons. The van der Waals surface area contributed by atoms with Crippen molar-refractivity contribution in [1.29, 1.82) is 0 Å². The molecule has 3 N–H and O–H groups in total. The van der Waals surface area contributed by atoms with E-state index >= 15 is 0 Å². The summed E-state index contributed by atoms with van der Waals surface area (Å²) in [7, 11) is 0. The summed E-state index contributed by atoms with van der Waals surface area (Å²) in [4.78, 5) is 54.8. The van der Waals surface area contributed by atoms with Crippen molar-refractivity contribution in [3.63, 3.8) is 0 Å². The fourth-order valence-electron chi connectivity index (χ4n) is 2.95. The highest BCUT2D eigenvalue weighted by Crippen LogP contribution is 2.14. The summed E-state index contributed by atoms with van der Waals surface area (Å²) in [5.74, 6) is -0.602. The van der Waals surface area contributed by atoms with Crippen molar-refractivity contribution >= 4 is 29.1 Å². The Kier molecular flexibility index (Phi) is 8.93. The lowest BCUT2D eigenvalue weighted by Gasteiger charge is -2.18. The molecule has 0 saturated carbocycles. The van der Waals surface area contributed by atoms with Crippen LogP contribution in [0.3, 0.4) is 0 Å². The topological polar surface area (TPSA) is 121 Å². The van der Waals surface area contributed by atoms with Gasteiger partial charge in [0.05, 0.1) is 0 Å². The number of benzene rings is 1. The molecule has 8 nitrogen and oxygen atoms in total. The van der Waals surface area contributed by atoms with Gasteiger partial charge in [-0.3, -0.25) is 19.2 Å². The number of carbonyl (C=O) groups is 4. The molecular weight excluding hydrogens is 384 g/mol. The first kappa shape index (κ1) is 23.0. The first-order valence-corrected chi connectivity index (χ1v) is 10.1. The third-order valence-electron chi connectivity index (χ3n) is 4.71. The molecule has 2 amide bonds. The normalized spacial score (nSPS) is 11.5. The molecule has 0 aliphatic heterocycles. The van der Waals surface area contributed by atoms with Crippen LogP contribution in [-0.2, 0) is 9.59 Å². The number of hydrogen-bond donors (Lipinski definition) is 3. The van der Waals surface area contributed by atoms with Gasteiger partial charge in [0, 0.05) is 36.5 Å². The summed E-state index contributed by atoms with van der Waals surface area (Å²) in [6.07, 6.45) is 6.70. The van der Waals surface area contributed by atoms with Gasteiger partial charge in [-0.15, -0.1) is 0 Å². The molecule has 1 aromatic carbocycles. The van der Waals surface area contributed by atoms with E-state index in [0.29, 0.717) is 36.9 Å². The minimum Gasteiger partial charge on any atom is -0.341 e. The molecule has 30 heavy (non-hydrogen) atoms. The van der Waals surface area contributed by atoms with Crippen LogP contribution in [0.1, 0.15) is 73.3 Å². The highest BCUT2D eigenvalue weighted by atomic mass is 16.2. The molecule has 0 radical (unpaired) electrons. The third-order valence-corrected chi connectivity index (χ3v) is 4.71. The van der Waals surface area contributed by atoms with E-state index in [4.69, 9.17) is 0 Å². The first-order chi connectivity index (χ1) is 14.4. The first-order valence-electron chi connectivity index (χ1n) is 10.1. The second-order valence-electron chi connectivity index (χ2n) is 7.08. The van der Waals surface area contributed by atoms with Crippen LogP contribution in [0.2, 0.25) is 0 Å². The summed E-state index contributed by atoms with van der Waals surface area (Å²) in [5.41, 5.74) is 0.975. The Labute approximate surface area is 175 Å². The van der Waals surface area contributed by atoms with E-state index in [1.165, 1.54) is 19.3 Å². The predicted octanol–water partition coefficient (Wildman–Crippen LogP) is 3.28. The van der Waals surface area contributed by atoms with Crippen molar-refractivity contribution in [2.24, 2.45) is 0 Å². The molecule has 1 atom stereocenters. The number of rotatable bonds is 12. The van der Waals surface area contributed by atoms with Crippen molar-refractivity contribution in [3.05, 3.63) is 48.0 Å². The fourth-order valence-corrected chi connectivity index (χ4v) is 2.95. The number of aromatic amines is 1. The number of nitrogens with zero attached hydrogens (tertiary/aromatic N) is 1. The van der Waals surface area contributed by atoms with Gasteiger partial charge in [0.25, 0.3) is 5.91 Å². The van der Waals surface area contributed by atoms with Crippen LogP contribution in [-0.4, -0.2) is 39.4 Å². The maximum absolute atomic E-state index is 12.8.